The fraction of sp³-hybridized carbons (Fsp3) is 0.643. The Morgan fingerprint density at radius 1 is 1.48 bits per heavy atom. The van der Waals surface area contributed by atoms with Crippen molar-refractivity contribution >= 4 is 23.6 Å². The zero-order valence-corrected chi connectivity index (χ0v) is 13.0. The first-order valence-corrected chi connectivity index (χ1v) is 8.13. The van der Waals surface area contributed by atoms with Crippen LogP contribution >= 0.6 is 11.8 Å². The van der Waals surface area contributed by atoms with E-state index < -0.39 is 5.97 Å². The number of aliphatic carboxylic acids is 1. The SMILES string of the molecule is Cc1noc(C)c1CSCC(=O)NC(CC(=O)O)C1CC1. The maximum absolute atomic E-state index is 11.9. The lowest BCUT2D eigenvalue weighted by Gasteiger charge is -2.15. The Bertz CT molecular complexity index is 506. The second-order valence-corrected chi connectivity index (χ2v) is 6.39. The van der Waals surface area contributed by atoms with Crippen molar-refractivity contribution in [2.75, 3.05) is 5.75 Å². The van der Waals surface area contributed by atoms with Crippen LogP contribution in [0.3, 0.4) is 0 Å². The molecule has 1 amide bonds. The van der Waals surface area contributed by atoms with Crippen molar-refractivity contribution in [2.24, 2.45) is 5.92 Å². The van der Waals surface area contributed by atoms with Crippen LogP contribution in [-0.2, 0) is 15.3 Å². The third kappa shape index (κ3) is 4.77. The van der Waals surface area contributed by atoms with Gasteiger partial charge in [0.1, 0.15) is 5.76 Å². The minimum atomic E-state index is -0.865. The number of aryl methyl sites for hydroxylation is 2. The van der Waals surface area contributed by atoms with Gasteiger partial charge < -0.3 is 14.9 Å². The lowest BCUT2D eigenvalue weighted by atomic mass is 10.1. The molecule has 1 fully saturated rings. The van der Waals surface area contributed by atoms with E-state index in [9.17, 15) is 9.59 Å². The van der Waals surface area contributed by atoms with E-state index in [-0.39, 0.29) is 18.4 Å². The summed E-state index contributed by atoms with van der Waals surface area (Å²) in [4.78, 5) is 22.7. The molecular formula is C14H20N2O4S. The molecule has 1 saturated carbocycles. The number of aromatic nitrogens is 1. The van der Waals surface area contributed by atoms with Crippen LogP contribution in [0.25, 0.3) is 0 Å². The summed E-state index contributed by atoms with van der Waals surface area (Å²) in [5.41, 5.74) is 1.87. The van der Waals surface area contributed by atoms with Gasteiger partial charge in [-0.15, -0.1) is 11.8 Å². The molecule has 7 heteroatoms. The highest BCUT2D eigenvalue weighted by Crippen LogP contribution is 2.34. The summed E-state index contributed by atoms with van der Waals surface area (Å²) in [6.45, 7) is 3.73. The zero-order chi connectivity index (χ0) is 15.4. The summed E-state index contributed by atoms with van der Waals surface area (Å²) >= 11 is 1.48. The summed E-state index contributed by atoms with van der Waals surface area (Å²) in [6, 6.07) is -0.227. The van der Waals surface area contributed by atoms with E-state index in [4.69, 9.17) is 9.63 Å². The maximum atomic E-state index is 11.9. The highest BCUT2D eigenvalue weighted by molar-refractivity contribution is 7.99. The van der Waals surface area contributed by atoms with Crippen LogP contribution in [0.4, 0.5) is 0 Å². The molecule has 6 nitrogen and oxygen atoms in total. The second kappa shape index (κ2) is 6.98. The van der Waals surface area contributed by atoms with Crippen LogP contribution < -0.4 is 5.32 Å². The predicted octanol–water partition coefficient (Wildman–Crippen LogP) is 1.89. The molecule has 0 spiro atoms. The van der Waals surface area contributed by atoms with Crippen molar-refractivity contribution in [1.82, 2.24) is 10.5 Å². The molecule has 0 bridgehead atoms. The molecule has 1 heterocycles. The van der Waals surface area contributed by atoms with Gasteiger partial charge in [0.15, 0.2) is 0 Å². The maximum Gasteiger partial charge on any atom is 0.305 e. The molecule has 0 aromatic carbocycles. The van der Waals surface area contributed by atoms with Gasteiger partial charge in [0.25, 0.3) is 0 Å². The molecule has 0 aliphatic heterocycles. The number of hydrogen-bond donors (Lipinski definition) is 2. The lowest BCUT2D eigenvalue weighted by molar-refractivity contribution is -0.137. The summed E-state index contributed by atoms with van der Waals surface area (Å²) in [5.74, 6) is 1.12. The number of nitrogens with zero attached hydrogens (tertiary/aromatic N) is 1. The van der Waals surface area contributed by atoms with Crippen molar-refractivity contribution < 1.29 is 19.2 Å². The first-order chi connectivity index (χ1) is 9.97. The van der Waals surface area contributed by atoms with Gasteiger partial charge in [-0.25, -0.2) is 0 Å². The normalized spacial score (nSPS) is 15.7. The van der Waals surface area contributed by atoms with Crippen LogP contribution in [0.15, 0.2) is 4.52 Å². The summed E-state index contributed by atoms with van der Waals surface area (Å²) < 4.78 is 5.07. The van der Waals surface area contributed by atoms with Crippen LogP contribution in [-0.4, -0.2) is 33.9 Å². The Labute approximate surface area is 127 Å². The summed E-state index contributed by atoms with van der Waals surface area (Å²) in [5, 5.41) is 15.6. The monoisotopic (exact) mass is 312 g/mol. The molecular weight excluding hydrogens is 292 g/mol. The van der Waals surface area contributed by atoms with Gasteiger partial charge in [0.2, 0.25) is 5.91 Å². The van der Waals surface area contributed by atoms with Gasteiger partial charge in [0.05, 0.1) is 17.9 Å². The van der Waals surface area contributed by atoms with Gasteiger partial charge in [-0.3, -0.25) is 9.59 Å². The summed E-state index contributed by atoms with van der Waals surface area (Å²) in [7, 11) is 0. The molecule has 1 unspecified atom stereocenters. The van der Waals surface area contributed by atoms with E-state index >= 15 is 0 Å². The summed E-state index contributed by atoms with van der Waals surface area (Å²) in [6.07, 6.45) is 2.01. The Morgan fingerprint density at radius 3 is 2.71 bits per heavy atom. The average molecular weight is 312 g/mol. The number of hydrogen-bond acceptors (Lipinski definition) is 5. The van der Waals surface area contributed by atoms with Gasteiger partial charge in [0, 0.05) is 17.4 Å². The van der Waals surface area contributed by atoms with Gasteiger partial charge >= 0.3 is 5.97 Å². The second-order valence-electron chi connectivity index (χ2n) is 5.40. The molecule has 1 aliphatic rings. The van der Waals surface area contributed by atoms with Crippen LogP contribution in [0.5, 0.6) is 0 Å². The van der Waals surface area contributed by atoms with E-state index in [1.807, 2.05) is 13.8 Å². The Morgan fingerprint density at radius 2 is 2.19 bits per heavy atom. The number of thioether (sulfide) groups is 1. The fourth-order valence-corrected chi connectivity index (χ4v) is 3.21. The fourth-order valence-electron chi connectivity index (χ4n) is 2.22. The molecule has 0 radical (unpaired) electrons. The van der Waals surface area contributed by atoms with Crippen molar-refractivity contribution in [3.05, 3.63) is 17.0 Å². The van der Waals surface area contributed by atoms with Crippen molar-refractivity contribution in [2.45, 2.75) is 44.9 Å². The number of carboxylic acid groups (broad SMARTS) is 1. The molecule has 21 heavy (non-hydrogen) atoms. The molecule has 2 N–H and O–H groups in total. The third-order valence-electron chi connectivity index (χ3n) is 3.59. The number of amides is 1. The molecule has 1 atom stereocenters. The molecule has 116 valence electrons. The number of carbonyl (C=O) groups is 2. The highest BCUT2D eigenvalue weighted by Gasteiger charge is 2.33. The molecule has 1 aromatic rings. The number of carboxylic acids is 1. The highest BCUT2D eigenvalue weighted by atomic mass is 32.2. The minimum absolute atomic E-state index is 0.00490. The van der Waals surface area contributed by atoms with E-state index in [0.29, 0.717) is 17.4 Å². The van der Waals surface area contributed by atoms with Gasteiger partial charge in [-0.2, -0.15) is 0 Å². The largest absolute Gasteiger partial charge is 0.481 e. The standard InChI is InChI=1S/C14H20N2O4S/c1-8-11(9(2)20-16-8)6-21-7-13(17)15-12(5-14(18)19)10-3-4-10/h10,12H,3-7H2,1-2H3,(H,15,17)(H,18,19). The van der Waals surface area contributed by atoms with Crippen LogP contribution in [0.1, 0.15) is 36.3 Å². The number of rotatable bonds is 8. The first-order valence-electron chi connectivity index (χ1n) is 6.98. The smallest absolute Gasteiger partial charge is 0.305 e. The van der Waals surface area contributed by atoms with Gasteiger partial charge in [-0.1, -0.05) is 5.16 Å². The number of nitrogens with one attached hydrogen (secondary N) is 1. The van der Waals surface area contributed by atoms with E-state index in [2.05, 4.69) is 10.5 Å². The van der Waals surface area contributed by atoms with E-state index in [1.165, 1.54) is 11.8 Å². The first kappa shape index (κ1) is 15.9. The van der Waals surface area contributed by atoms with E-state index in [0.717, 1.165) is 29.9 Å². The molecule has 1 aliphatic carbocycles. The molecule has 2 rings (SSSR count). The Kier molecular flexibility index (Phi) is 5.27. The molecule has 0 saturated heterocycles. The average Bonchev–Trinajstić information content (AvgIpc) is 3.19. The minimum Gasteiger partial charge on any atom is -0.481 e. The Balaban J connectivity index is 1.75. The lowest BCUT2D eigenvalue weighted by Crippen LogP contribution is -2.39. The van der Waals surface area contributed by atoms with Crippen LogP contribution in [0.2, 0.25) is 0 Å². The quantitative estimate of drug-likeness (QED) is 0.761. The predicted molar refractivity (Wildman–Crippen MR) is 79.0 cm³/mol. The van der Waals surface area contributed by atoms with Crippen molar-refractivity contribution in [3.8, 4) is 0 Å². The number of carbonyl (C=O) groups excluding carboxylic acids is 1. The van der Waals surface area contributed by atoms with E-state index in [1.54, 1.807) is 0 Å². The molecule has 1 aromatic heterocycles. The van der Waals surface area contributed by atoms with Crippen molar-refractivity contribution in [1.29, 1.82) is 0 Å². The zero-order valence-electron chi connectivity index (χ0n) is 12.2. The Hall–Kier alpha value is -1.50. The topological polar surface area (TPSA) is 92.4 Å². The third-order valence-corrected chi connectivity index (χ3v) is 4.55. The van der Waals surface area contributed by atoms with Crippen LogP contribution in [0, 0.1) is 19.8 Å². The van der Waals surface area contributed by atoms with Gasteiger partial charge in [-0.05, 0) is 32.6 Å². The van der Waals surface area contributed by atoms with Crippen molar-refractivity contribution in [3.63, 3.8) is 0 Å².